The van der Waals surface area contributed by atoms with Gasteiger partial charge in [0, 0.05) is 31.5 Å². The highest BCUT2D eigenvalue weighted by atomic mass is 16.7. The predicted octanol–water partition coefficient (Wildman–Crippen LogP) is 0.363. The highest BCUT2D eigenvalue weighted by Gasteiger charge is 2.32. The van der Waals surface area contributed by atoms with Crippen molar-refractivity contribution in [2.75, 3.05) is 13.1 Å². The van der Waals surface area contributed by atoms with Gasteiger partial charge in [-0.05, 0) is 26.7 Å². The normalized spacial score (nSPS) is 25.0. The zero-order valence-electron chi connectivity index (χ0n) is 14.2. The lowest BCUT2D eigenvalue weighted by molar-refractivity contribution is -0.197. The molecule has 2 saturated heterocycles. The number of carbonyl (C=O) groups excluding carboxylic acids is 4. The van der Waals surface area contributed by atoms with Crippen LogP contribution >= 0.6 is 0 Å². The number of piperidine rings is 1. The Bertz CT molecular complexity index is 496. The molecule has 2 unspecified atom stereocenters. The minimum absolute atomic E-state index is 0.0645. The summed E-state index contributed by atoms with van der Waals surface area (Å²) in [4.78, 5) is 53.2. The summed E-state index contributed by atoms with van der Waals surface area (Å²) in [7, 11) is 0. The summed E-state index contributed by atoms with van der Waals surface area (Å²) in [5.74, 6) is -1.87. The van der Waals surface area contributed by atoms with Crippen molar-refractivity contribution in [2.45, 2.75) is 64.5 Å². The SMILES string of the molecule is [13CH3][13CH]1CCC[13CH]([13CH3])N1CC(=O)[15NH]CCC(=O)ON1C(=O)CCC1=O. The van der Waals surface area contributed by atoms with E-state index in [4.69, 9.17) is 4.84 Å². The number of rotatable bonds is 6. The Morgan fingerprint density at radius 3 is 2.29 bits per heavy atom. The van der Waals surface area contributed by atoms with Gasteiger partial charge >= 0.3 is 5.97 Å². The van der Waals surface area contributed by atoms with Crippen molar-refractivity contribution >= 4 is 23.7 Å². The zero-order valence-corrected chi connectivity index (χ0v) is 14.2. The second-order valence-corrected chi connectivity index (χ2v) is 6.45. The van der Waals surface area contributed by atoms with Crippen molar-refractivity contribution in [3.05, 3.63) is 0 Å². The molecular weight excluding hydrogens is 319 g/mol. The Hall–Kier alpha value is -1.96. The second-order valence-electron chi connectivity index (χ2n) is 6.45. The minimum atomic E-state index is -0.710. The Balaban J connectivity index is 1.67. The van der Waals surface area contributed by atoms with Crippen molar-refractivity contribution in [1.29, 1.82) is 0 Å². The van der Waals surface area contributed by atoms with E-state index in [0.717, 1.165) is 12.8 Å². The number of amides is 3. The van der Waals surface area contributed by atoms with E-state index < -0.39 is 17.8 Å². The van der Waals surface area contributed by atoms with Crippen LogP contribution < -0.4 is 5.32 Å². The summed E-state index contributed by atoms with van der Waals surface area (Å²) in [6.45, 7) is 4.65. The molecule has 8 nitrogen and oxygen atoms in total. The standard InChI is InChI=1S/C16H25N3O5/c1-11-4-3-5-12(2)18(11)10-13(20)17-9-8-16(23)24-19-14(21)6-7-15(19)22/h11-12H,3-10H2,1-2H3,(H,17,20)/i1+1,2+1,11+1,12+1,17+1. The molecule has 2 fully saturated rings. The number of hydroxylamine groups is 2. The Kier molecular flexibility index (Phi) is 6.30. The first-order valence-electron chi connectivity index (χ1n) is 8.47. The van der Waals surface area contributed by atoms with E-state index in [9.17, 15) is 19.2 Å². The molecule has 24 heavy (non-hydrogen) atoms. The molecule has 2 atom stereocenters. The van der Waals surface area contributed by atoms with Gasteiger partial charge in [-0.15, -0.1) is 5.06 Å². The molecule has 1 N–H and O–H groups in total. The lowest BCUT2D eigenvalue weighted by atomic mass is 10.3. The molecule has 0 aromatic rings. The smallest absolute Gasteiger partial charge is 0.334 e. The van der Waals surface area contributed by atoms with Gasteiger partial charge in [-0.3, -0.25) is 19.3 Å². The fraction of sp³-hybridized carbons (Fsp3) is 0.750. The van der Waals surface area contributed by atoms with Gasteiger partial charge in [-0.1, -0.05) is 6.42 Å². The quantitative estimate of drug-likeness (QED) is 0.425. The summed E-state index contributed by atoms with van der Waals surface area (Å²) >= 11 is 0. The van der Waals surface area contributed by atoms with Crippen LogP contribution in [0.25, 0.3) is 0 Å². The summed E-state index contributed by atoms with van der Waals surface area (Å²) in [6, 6.07) is 0.744. The maximum atomic E-state index is 12.0. The van der Waals surface area contributed by atoms with Gasteiger partial charge < -0.3 is 10.2 Å². The van der Waals surface area contributed by atoms with Crippen molar-refractivity contribution in [3.8, 4) is 0 Å². The van der Waals surface area contributed by atoms with E-state index in [2.05, 4.69) is 24.1 Å². The summed E-state index contributed by atoms with van der Waals surface area (Å²) in [5.41, 5.74) is 0. The van der Waals surface area contributed by atoms with Crippen LogP contribution in [0.5, 0.6) is 0 Å². The summed E-state index contributed by atoms with van der Waals surface area (Å²) < 4.78 is 0. The molecule has 0 radical (unpaired) electrons. The third kappa shape index (κ3) is 4.77. The van der Waals surface area contributed by atoms with E-state index in [1.54, 1.807) is 0 Å². The highest BCUT2D eigenvalue weighted by molar-refractivity contribution is 6.01. The Morgan fingerprint density at radius 1 is 1.12 bits per heavy atom. The molecular formula is C16H25N3O5. The lowest BCUT2D eigenvalue weighted by Crippen LogP contribution is -2.48. The molecule has 2 rings (SSSR count). The molecule has 3 amide bonds. The number of likely N-dealkylation sites (tertiary alicyclic amines) is 1. The zero-order chi connectivity index (χ0) is 17.7. The molecule has 0 bridgehead atoms. The van der Waals surface area contributed by atoms with Crippen LogP contribution in [0.15, 0.2) is 0 Å². The molecule has 2 aliphatic rings. The third-order valence-electron chi connectivity index (χ3n) is 4.55. The minimum Gasteiger partial charge on any atom is -0.354 e. The summed E-state index contributed by atoms with van der Waals surface area (Å²) in [6.07, 6.45) is 3.39. The van der Waals surface area contributed by atoms with E-state index >= 15 is 0 Å². The molecule has 0 aromatic heterocycles. The van der Waals surface area contributed by atoms with E-state index in [-0.39, 0.29) is 31.7 Å². The number of imide groups is 1. The molecule has 8 heteroatoms. The van der Waals surface area contributed by atoms with Crippen LogP contribution in [0.2, 0.25) is 0 Å². The fourth-order valence-corrected chi connectivity index (χ4v) is 3.12. The predicted molar refractivity (Wildman–Crippen MR) is 84.3 cm³/mol. The maximum Gasteiger partial charge on any atom is 0.334 e. The van der Waals surface area contributed by atoms with Gasteiger partial charge in [0.2, 0.25) is 5.91 Å². The molecule has 0 aliphatic carbocycles. The van der Waals surface area contributed by atoms with Crippen molar-refractivity contribution in [2.24, 2.45) is 0 Å². The Morgan fingerprint density at radius 2 is 1.71 bits per heavy atom. The van der Waals surface area contributed by atoms with Crippen LogP contribution in [0.1, 0.15) is 52.4 Å². The molecule has 0 spiro atoms. The molecule has 2 aliphatic heterocycles. The van der Waals surface area contributed by atoms with Gasteiger partial charge in [-0.25, -0.2) is 4.79 Å². The van der Waals surface area contributed by atoms with Crippen LogP contribution in [-0.2, 0) is 24.0 Å². The van der Waals surface area contributed by atoms with Gasteiger partial charge in [0.05, 0.1) is 13.0 Å². The molecule has 0 aromatic carbocycles. The van der Waals surface area contributed by atoms with E-state index in [0.29, 0.717) is 23.7 Å². The summed E-state index contributed by atoms with van der Waals surface area (Å²) in [5, 5.41) is 3.19. The van der Waals surface area contributed by atoms with Crippen LogP contribution in [0, 0.1) is 0 Å². The van der Waals surface area contributed by atoms with E-state index in [1.807, 2.05) is 0 Å². The first-order valence-corrected chi connectivity index (χ1v) is 8.47. The Labute approximate surface area is 141 Å². The van der Waals surface area contributed by atoms with Gasteiger partial charge in [0.1, 0.15) is 0 Å². The highest BCUT2D eigenvalue weighted by Crippen LogP contribution is 2.21. The van der Waals surface area contributed by atoms with Crippen molar-refractivity contribution in [1.82, 2.24) is 15.3 Å². The average molecular weight is 344 g/mol. The first kappa shape index (κ1) is 18.4. The van der Waals surface area contributed by atoms with Gasteiger partial charge in [0.15, 0.2) is 0 Å². The van der Waals surface area contributed by atoms with Crippen LogP contribution in [0.4, 0.5) is 0 Å². The van der Waals surface area contributed by atoms with Gasteiger partial charge in [-0.2, -0.15) is 0 Å². The number of hydrogen-bond donors (Lipinski definition) is 1. The first-order chi connectivity index (χ1) is 11.4. The number of carbonyl (C=O) groups is 4. The van der Waals surface area contributed by atoms with Crippen LogP contribution in [-0.4, -0.2) is 58.8 Å². The average Bonchev–Trinajstić information content (AvgIpc) is 2.83. The fourth-order valence-electron chi connectivity index (χ4n) is 3.12. The molecule has 2 heterocycles. The monoisotopic (exact) mass is 344 g/mol. The van der Waals surface area contributed by atoms with Crippen molar-refractivity contribution < 1.29 is 24.0 Å². The number of hydrogen-bond acceptors (Lipinski definition) is 6. The second kappa shape index (κ2) is 8.23. The van der Waals surface area contributed by atoms with Crippen LogP contribution in [0.3, 0.4) is 0 Å². The molecule has 134 valence electrons. The third-order valence-corrected chi connectivity index (χ3v) is 4.55. The number of nitrogens with one attached hydrogen (secondary N) is 1. The van der Waals surface area contributed by atoms with Gasteiger partial charge in [0.25, 0.3) is 11.8 Å². The topological polar surface area (TPSA) is 96.0 Å². The molecule has 0 saturated carbocycles. The largest absolute Gasteiger partial charge is 0.354 e. The lowest BCUT2D eigenvalue weighted by Gasteiger charge is -2.38. The maximum absolute atomic E-state index is 12.0. The van der Waals surface area contributed by atoms with Crippen molar-refractivity contribution in [3.63, 3.8) is 0 Å². The van der Waals surface area contributed by atoms with E-state index in [1.165, 1.54) is 6.42 Å². The number of nitrogens with zero attached hydrogens (tertiary/aromatic N) is 2.